The van der Waals surface area contributed by atoms with Crippen molar-refractivity contribution in [1.29, 1.82) is 15.8 Å². The summed E-state index contributed by atoms with van der Waals surface area (Å²) >= 11 is 12.2. The zero-order valence-corrected chi connectivity index (χ0v) is 13.6. The molecule has 0 aliphatic carbocycles. The molecule has 0 radical (unpaired) electrons. The number of furan rings is 1. The van der Waals surface area contributed by atoms with Crippen LogP contribution in [0, 0.1) is 34.0 Å². The van der Waals surface area contributed by atoms with Crippen LogP contribution in [0.2, 0.25) is 10.0 Å². The Labute approximate surface area is 148 Å². The van der Waals surface area contributed by atoms with Crippen molar-refractivity contribution in [3.05, 3.63) is 63.0 Å². The number of nitriles is 3. The molecule has 0 atom stereocenters. The molecule has 2 aromatic rings. The summed E-state index contributed by atoms with van der Waals surface area (Å²) in [6.45, 7) is 0. The first-order valence-electron chi connectivity index (χ1n) is 6.48. The fourth-order valence-corrected chi connectivity index (χ4v) is 2.47. The van der Waals surface area contributed by atoms with Gasteiger partial charge in [0.1, 0.15) is 29.7 Å². The Morgan fingerprint density at radius 1 is 1.00 bits per heavy atom. The van der Waals surface area contributed by atoms with Gasteiger partial charge in [-0.2, -0.15) is 15.8 Å². The lowest BCUT2D eigenvalue weighted by atomic mass is 10.1. The van der Waals surface area contributed by atoms with Gasteiger partial charge in [-0.3, -0.25) is 0 Å². The highest BCUT2D eigenvalue weighted by Crippen LogP contribution is 2.35. The van der Waals surface area contributed by atoms with E-state index in [-0.39, 0.29) is 16.8 Å². The van der Waals surface area contributed by atoms with E-state index < -0.39 is 0 Å². The predicted molar refractivity (Wildman–Crippen MR) is 90.2 cm³/mol. The molecule has 0 unspecified atom stereocenters. The highest BCUT2D eigenvalue weighted by atomic mass is 35.5. The third-order valence-electron chi connectivity index (χ3n) is 3.03. The van der Waals surface area contributed by atoms with Gasteiger partial charge in [-0.15, -0.1) is 0 Å². The van der Waals surface area contributed by atoms with Gasteiger partial charge in [0.2, 0.25) is 0 Å². The van der Waals surface area contributed by atoms with Crippen LogP contribution in [0.4, 0.5) is 0 Å². The largest absolute Gasteiger partial charge is 0.457 e. The van der Waals surface area contributed by atoms with Gasteiger partial charge in [0, 0.05) is 6.08 Å². The molecule has 2 N–H and O–H groups in total. The van der Waals surface area contributed by atoms with E-state index in [0.717, 1.165) is 0 Å². The molecule has 5 nitrogen and oxygen atoms in total. The van der Waals surface area contributed by atoms with Crippen LogP contribution >= 0.6 is 23.2 Å². The summed E-state index contributed by atoms with van der Waals surface area (Å²) in [6.07, 6.45) is 1.33. The number of benzene rings is 1. The Morgan fingerprint density at radius 2 is 1.62 bits per heavy atom. The molecule has 0 amide bonds. The van der Waals surface area contributed by atoms with Crippen LogP contribution in [0.1, 0.15) is 5.76 Å². The predicted octanol–water partition coefficient (Wildman–Crippen LogP) is 4.42. The fourth-order valence-electron chi connectivity index (χ4n) is 1.89. The van der Waals surface area contributed by atoms with Gasteiger partial charge in [0.05, 0.1) is 26.9 Å². The molecule has 1 heterocycles. The quantitative estimate of drug-likeness (QED) is 0.647. The topological polar surface area (TPSA) is 111 Å². The molecule has 116 valence electrons. The second kappa shape index (κ2) is 7.40. The van der Waals surface area contributed by atoms with E-state index in [1.165, 1.54) is 6.08 Å². The summed E-state index contributed by atoms with van der Waals surface area (Å²) in [4.78, 5) is 0. The molecule has 0 spiro atoms. The van der Waals surface area contributed by atoms with E-state index in [4.69, 9.17) is 43.9 Å². The standard InChI is InChI=1S/C17H8Cl2N4O/c18-13-2-1-3-14(19)16(13)15-5-4-12(24-15)6-10(7-20)17(23)11(8-21)9-22/h1-6H,23H2/b10-6+. The molecule has 24 heavy (non-hydrogen) atoms. The van der Waals surface area contributed by atoms with Crippen LogP contribution < -0.4 is 5.73 Å². The van der Waals surface area contributed by atoms with Gasteiger partial charge in [0.15, 0.2) is 5.57 Å². The van der Waals surface area contributed by atoms with E-state index >= 15 is 0 Å². The summed E-state index contributed by atoms with van der Waals surface area (Å²) in [5.74, 6) is 0.716. The van der Waals surface area contributed by atoms with Crippen molar-refractivity contribution < 1.29 is 4.42 Å². The highest BCUT2D eigenvalue weighted by molar-refractivity contribution is 6.39. The van der Waals surface area contributed by atoms with Gasteiger partial charge in [-0.1, -0.05) is 29.3 Å². The number of nitrogens with zero attached hydrogens (tertiary/aromatic N) is 3. The molecular weight excluding hydrogens is 347 g/mol. The SMILES string of the molecule is N#CC(C#N)=C(N)/C(C#N)=C/c1ccc(-c2c(Cl)cccc2Cl)o1. The van der Waals surface area contributed by atoms with E-state index in [0.29, 0.717) is 27.1 Å². The molecule has 0 fully saturated rings. The molecule has 7 heteroatoms. The van der Waals surface area contributed by atoms with Gasteiger partial charge < -0.3 is 10.2 Å². The van der Waals surface area contributed by atoms with Crippen LogP contribution in [-0.2, 0) is 0 Å². The summed E-state index contributed by atoms with van der Waals surface area (Å²) in [6, 6.07) is 13.4. The minimum absolute atomic E-state index is 0.0562. The maximum Gasteiger partial charge on any atom is 0.153 e. The summed E-state index contributed by atoms with van der Waals surface area (Å²) < 4.78 is 5.62. The second-order valence-electron chi connectivity index (χ2n) is 4.48. The first-order chi connectivity index (χ1) is 11.5. The van der Waals surface area contributed by atoms with Crippen molar-refractivity contribution in [2.24, 2.45) is 5.73 Å². The van der Waals surface area contributed by atoms with Crippen LogP contribution in [-0.4, -0.2) is 0 Å². The third-order valence-corrected chi connectivity index (χ3v) is 3.66. The van der Waals surface area contributed by atoms with Gasteiger partial charge >= 0.3 is 0 Å². The number of rotatable bonds is 3. The van der Waals surface area contributed by atoms with Crippen molar-refractivity contribution >= 4 is 29.3 Å². The molecular formula is C17H8Cl2N4O. The number of hydrogen-bond acceptors (Lipinski definition) is 5. The van der Waals surface area contributed by atoms with Crippen LogP contribution in [0.5, 0.6) is 0 Å². The Balaban J connectivity index is 2.49. The molecule has 0 bridgehead atoms. The van der Waals surface area contributed by atoms with Crippen LogP contribution in [0.3, 0.4) is 0 Å². The zero-order chi connectivity index (χ0) is 17.7. The average molecular weight is 355 g/mol. The number of halogens is 2. The molecule has 0 saturated carbocycles. The number of nitrogens with two attached hydrogens (primary N) is 1. The van der Waals surface area contributed by atoms with Crippen molar-refractivity contribution in [2.45, 2.75) is 0 Å². The van der Waals surface area contributed by atoms with E-state index in [1.807, 2.05) is 6.07 Å². The molecule has 1 aromatic heterocycles. The second-order valence-corrected chi connectivity index (χ2v) is 5.30. The van der Waals surface area contributed by atoms with Crippen LogP contribution in [0.15, 0.2) is 51.6 Å². The lowest BCUT2D eigenvalue weighted by Crippen LogP contribution is -2.03. The normalized spacial score (nSPS) is 10.4. The van der Waals surface area contributed by atoms with E-state index in [1.54, 1.807) is 42.5 Å². The molecule has 0 aliphatic rings. The minimum Gasteiger partial charge on any atom is -0.457 e. The van der Waals surface area contributed by atoms with Crippen molar-refractivity contribution in [3.63, 3.8) is 0 Å². The van der Waals surface area contributed by atoms with E-state index in [2.05, 4.69) is 0 Å². The lowest BCUT2D eigenvalue weighted by molar-refractivity contribution is 0.571. The van der Waals surface area contributed by atoms with Crippen molar-refractivity contribution in [2.75, 3.05) is 0 Å². The first kappa shape index (κ1) is 17.2. The lowest BCUT2D eigenvalue weighted by Gasteiger charge is -2.03. The third kappa shape index (κ3) is 3.42. The highest BCUT2D eigenvalue weighted by Gasteiger charge is 2.13. The molecule has 0 saturated heterocycles. The van der Waals surface area contributed by atoms with E-state index in [9.17, 15) is 5.26 Å². The fraction of sp³-hybridized carbons (Fsp3) is 0. The van der Waals surface area contributed by atoms with Crippen LogP contribution in [0.25, 0.3) is 17.4 Å². The Kier molecular flexibility index (Phi) is 5.30. The summed E-state index contributed by atoms with van der Waals surface area (Å²) in [5, 5.41) is 27.7. The van der Waals surface area contributed by atoms with Crippen molar-refractivity contribution in [3.8, 4) is 29.5 Å². The monoisotopic (exact) mass is 354 g/mol. The summed E-state index contributed by atoms with van der Waals surface area (Å²) in [5.41, 5.74) is 5.58. The first-order valence-corrected chi connectivity index (χ1v) is 7.23. The van der Waals surface area contributed by atoms with Crippen molar-refractivity contribution in [1.82, 2.24) is 0 Å². The Bertz CT molecular complexity index is 945. The minimum atomic E-state index is -0.344. The molecule has 0 aliphatic heterocycles. The smallest absolute Gasteiger partial charge is 0.153 e. The number of allylic oxidation sites excluding steroid dienone is 2. The molecule has 1 aromatic carbocycles. The van der Waals surface area contributed by atoms with Gasteiger partial charge in [-0.05, 0) is 24.3 Å². The Morgan fingerprint density at radius 3 is 2.17 bits per heavy atom. The van der Waals surface area contributed by atoms with Gasteiger partial charge in [-0.25, -0.2) is 0 Å². The van der Waals surface area contributed by atoms with Gasteiger partial charge in [0.25, 0.3) is 0 Å². The maximum atomic E-state index is 9.17. The Hall–Kier alpha value is -3.17. The maximum absolute atomic E-state index is 9.17. The summed E-state index contributed by atoms with van der Waals surface area (Å²) in [7, 11) is 0. The zero-order valence-electron chi connectivity index (χ0n) is 12.0. The number of hydrogen-bond donors (Lipinski definition) is 1. The average Bonchev–Trinajstić information content (AvgIpc) is 3.01. The molecule has 2 rings (SSSR count).